The van der Waals surface area contributed by atoms with E-state index in [-0.39, 0.29) is 18.0 Å². The van der Waals surface area contributed by atoms with Gasteiger partial charge in [-0.05, 0) is 13.8 Å². The smallest absolute Gasteiger partial charge is 0.277 e. The van der Waals surface area contributed by atoms with Gasteiger partial charge in [0.1, 0.15) is 18.1 Å². The summed E-state index contributed by atoms with van der Waals surface area (Å²) in [5.41, 5.74) is 0.149. The summed E-state index contributed by atoms with van der Waals surface area (Å²) in [6.07, 6.45) is 1.46. The van der Waals surface area contributed by atoms with Crippen molar-refractivity contribution in [2.45, 2.75) is 20.4 Å². The van der Waals surface area contributed by atoms with E-state index in [1.807, 2.05) is 6.92 Å². The molecule has 0 spiro atoms. The number of carbonyl (C=O) groups is 1. The lowest BCUT2D eigenvalue weighted by atomic mass is 10.4. The predicted octanol–water partition coefficient (Wildman–Crippen LogP) is -0.270. The number of carbonyl (C=O) groups excluding carboxylic acids is 1. The number of nitrogens with zero attached hydrogens (tertiary/aromatic N) is 2. The third-order valence-corrected chi connectivity index (χ3v) is 2.19. The van der Waals surface area contributed by atoms with Gasteiger partial charge in [0.25, 0.3) is 5.56 Å². The third kappa shape index (κ3) is 2.59. The normalized spacial score (nSPS) is 9.94. The second-order valence-corrected chi connectivity index (χ2v) is 3.31. The minimum atomic E-state index is -0.235. The molecule has 0 unspecified atom stereocenters. The lowest BCUT2D eigenvalue weighted by Gasteiger charge is -2.10. The van der Waals surface area contributed by atoms with Crippen LogP contribution in [-0.4, -0.2) is 29.1 Å². The minimum Gasteiger partial charge on any atom is -0.382 e. The van der Waals surface area contributed by atoms with Crippen LogP contribution in [0, 0.1) is 6.92 Å². The molecule has 16 heavy (non-hydrogen) atoms. The van der Waals surface area contributed by atoms with E-state index in [1.54, 1.807) is 14.0 Å². The fourth-order valence-corrected chi connectivity index (χ4v) is 1.33. The highest BCUT2D eigenvalue weighted by molar-refractivity contribution is 5.75. The molecule has 1 heterocycles. The van der Waals surface area contributed by atoms with Gasteiger partial charge in [-0.2, -0.15) is 0 Å². The lowest BCUT2D eigenvalue weighted by Crippen LogP contribution is -2.34. The molecule has 0 aliphatic rings. The summed E-state index contributed by atoms with van der Waals surface area (Å²) in [6.45, 7) is 4.07. The number of anilines is 1. The van der Waals surface area contributed by atoms with Gasteiger partial charge < -0.3 is 10.6 Å². The zero-order valence-corrected chi connectivity index (χ0v) is 9.70. The first kappa shape index (κ1) is 12.2. The van der Waals surface area contributed by atoms with Crippen molar-refractivity contribution >= 4 is 11.6 Å². The monoisotopic (exact) mass is 224 g/mol. The second kappa shape index (κ2) is 5.29. The van der Waals surface area contributed by atoms with E-state index in [1.165, 1.54) is 10.8 Å². The number of aromatic nitrogens is 2. The number of rotatable bonds is 4. The molecule has 0 atom stereocenters. The highest BCUT2D eigenvalue weighted by Gasteiger charge is 2.09. The Labute approximate surface area is 93.7 Å². The second-order valence-electron chi connectivity index (χ2n) is 3.31. The molecule has 0 aliphatic heterocycles. The van der Waals surface area contributed by atoms with E-state index in [2.05, 4.69) is 15.6 Å². The summed E-state index contributed by atoms with van der Waals surface area (Å²) >= 11 is 0. The summed E-state index contributed by atoms with van der Waals surface area (Å²) in [7, 11) is 1.64. The fraction of sp³-hybridized carbons (Fsp3) is 0.500. The molecule has 6 nitrogen and oxygen atoms in total. The molecule has 0 aliphatic carbocycles. The molecule has 0 aromatic carbocycles. The maximum absolute atomic E-state index is 11.8. The highest BCUT2D eigenvalue weighted by Crippen LogP contribution is 1.97. The standard InChI is InChI=1S/C10H16N4O2/c1-4-12-9(15)6-14-7(2)13-5-8(11-3)10(14)16/h5,11H,4,6H2,1-3H3,(H,12,15). The summed E-state index contributed by atoms with van der Waals surface area (Å²) < 4.78 is 1.34. The zero-order valence-electron chi connectivity index (χ0n) is 9.70. The van der Waals surface area contributed by atoms with Crippen molar-refractivity contribution in [3.8, 4) is 0 Å². The predicted molar refractivity (Wildman–Crippen MR) is 61.5 cm³/mol. The number of nitrogens with one attached hydrogen (secondary N) is 2. The topological polar surface area (TPSA) is 76.0 Å². The van der Waals surface area contributed by atoms with Gasteiger partial charge in [-0.1, -0.05) is 0 Å². The summed E-state index contributed by atoms with van der Waals surface area (Å²) in [5.74, 6) is 0.331. The Hall–Kier alpha value is -1.85. The van der Waals surface area contributed by atoms with Crippen LogP contribution < -0.4 is 16.2 Å². The average Bonchev–Trinajstić information content (AvgIpc) is 2.25. The lowest BCUT2D eigenvalue weighted by molar-refractivity contribution is -0.121. The van der Waals surface area contributed by atoms with E-state index >= 15 is 0 Å². The van der Waals surface area contributed by atoms with Crippen molar-refractivity contribution in [2.24, 2.45) is 0 Å². The number of likely N-dealkylation sites (N-methyl/N-ethyl adjacent to an activating group) is 1. The molecule has 1 aromatic heterocycles. The SMILES string of the molecule is CCNC(=O)Cn1c(C)ncc(NC)c1=O. The van der Waals surface area contributed by atoms with Crippen molar-refractivity contribution < 1.29 is 4.79 Å². The Bertz CT molecular complexity index is 439. The molecule has 0 bridgehead atoms. The molecule has 88 valence electrons. The van der Waals surface area contributed by atoms with Gasteiger partial charge in [-0.25, -0.2) is 4.98 Å². The quantitative estimate of drug-likeness (QED) is 0.738. The van der Waals surface area contributed by atoms with Crippen LogP contribution in [0.25, 0.3) is 0 Å². The summed E-state index contributed by atoms with van der Waals surface area (Å²) in [6, 6.07) is 0. The molecule has 0 saturated heterocycles. The van der Waals surface area contributed by atoms with Gasteiger partial charge >= 0.3 is 0 Å². The Morgan fingerprint density at radius 3 is 2.81 bits per heavy atom. The minimum absolute atomic E-state index is 0.00102. The molecule has 0 saturated carbocycles. The third-order valence-electron chi connectivity index (χ3n) is 2.19. The molecular weight excluding hydrogens is 208 g/mol. The highest BCUT2D eigenvalue weighted by atomic mass is 16.2. The van der Waals surface area contributed by atoms with Gasteiger partial charge in [-0.15, -0.1) is 0 Å². The van der Waals surface area contributed by atoms with Gasteiger partial charge in [0, 0.05) is 13.6 Å². The van der Waals surface area contributed by atoms with Crippen molar-refractivity contribution in [3.63, 3.8) is 0 Å². The van der Waals surface area contributed by atoms with E-state index in [4.69, 9.17) is 0 Å². The molecule has 1 aromatic rings. The van der Waals surface area contributed by atoms with Crippen molar-refractivity contribution in [2.75, 3.05) is 18.9 Å². The maximum atomic E-state index is 11.8. The van der Waals surface area contributed by atoms with Crippen molar-refractivity contribution in [1.29, 1.82) is 0 Å². The molecule has 2 N–H and O–H groups in total. The average molecular weight is 224 g/mol. The largest absolute Gasteiger partial charge is 0.382 e. The van der Waals surface area contributed by atoms with Crippen molar-refractivity contribution in [3.05, 3.63) is 22.4 Å². The summed E-state index contributed by atoms with van der Waals surface area (Å²) in [5, 5.41) is 5.38. The van der Waals surface area contributed by atoms with Gasteiger partial charge in [0.2, 0.25) is 5.91 Å². The van der Waals surface area contributed by atoms with Crippen LogP contribution in [0.3, 0.4) is 0 Å². The van der Waals surface area contributed by atoms with Crippen LogP contribution in [0.4, 0.5) is 5.69 Å². The van der Waals surface area contributed by atoms with E-state index in [9.17, 15) is 9.59 Å². The number of amides is 1. The molecule has 1 rings (SSSR count). The number of aryl methyl sites for hydroxylation is 1. The Kier molecular flexibility index (Phi) is 4.04. The Morgan fingerprint density at radius 1 is 1.56 bits per heavy atom. The van der Waals surface area contributed by atoms with Gasteiger partial charge in [0.15, 0.2) is 0 Å². The van der Waals surface area contributed by atoms with Crippen LogP contribution in [0.1, 0.15) is 12.7 Å². The fourth-order valence-electron chi connectivity index (χ4n) is 1.33. The van der Waals surface area contributed by atoms with Gasteiger partial charge in [0.05, 0.1) is 6.20 Å². The zero-order chi connectivity index (χ0) is 12.1. The van der Waals surface area contributed by atoms with E-state index in [0.29, 0.717) is 18.1 Å². The Balaban J connectivity index is 3.03. The van der Waals surface area contributed by atoms with E-state index in [0.717, 1.165) is 0 Å². The van der Waals surface area contributed by atoms with Crippen LogP contribution in [0.5, 0.6) is 0 Å². The first-order chi connectivity index (χ1) is 7.60. The molecule has 6 heteroatoms. The molecule has 1 amide bonds. The van der Waals surface area contributed by atoms with Crippen LogP contribution in [0.15, 0.2) is 11.0 Å². The molecule has 0 fully saturated rings. The van der Waals surface area contributed by atoms with Crippen molar-refractivity contribution in [1.82, 2.24) is 14.9 Å². The molecular formula is C10H16N4O2. The van der Waals surface area contributed by atoms with E-state index < -0.39 is 0 Å². The van der Waals surface area contributed by atoms with Crippen LogP contribution >= 0.6 is 0 Å². The first-order valence-electron chi connectivity index (χ1n) is 5.11. The van der Waals surface area contributed by atoms with Crippen LogP contribution in [-0.2, 0) is 11.3 Å². The summed E-state index contributed by atoms with van der Waals surface area (Å²) in [4.78, 5) is 27.3. The first-order valence-corrected chi connectivity index (χ1v) is 5.11. The Morgan fingerprint density at radius 2 is 2.25 bits per heavy atom. The maximum Gasteiger partial charge on any atom is 0.277 e. The molecule has 0 radical (unpaired) electrons. The number of hydrogen-bond acceptors (Lipinski definition) is 4. The van der Waals surface area contributed by atoms with Crippen LogP contribution in [0.2, 0.25) is 0 Å². The van der Waals surface area contributed by atoms with Gasteiger partial charge in [-0.3, -0.25) is 14.2 Å². The number of hydrogen-bond donors (Lipinski definition) is 2.